The lowest BCUT2D eigenvalue weighted by Gasteiger charge is -2.08. The lowest BCUT2D eigenvalue weighted by molar-refractivity contribution is 0.111. The first kappa shape index (κ1) is 21.2. The van der Waals surface area contributed by atoms with Crippen LogP contribution in [-0.4, -0.2) is 12.6 Å². The number of aldehydes is 2. The molecule has 0 saturated carbocycles. The van der Waals surface area contributed by atoms with Gasteiger partial charge in [-0.05, 0) is 70.1 Å². The van der Waals surface area contributed by atoms with Crippen molar-refractivity contribution in [3.05, 3.63) is 117 Å². The van der Waals surface area contributed by atoms with Gasteiger partial charge in [-0.3, -0.25) is 9.59 Å². The Bertz CT molecular complexity index is 1270. The van der Waals surface area contributed by atoms with Crippen LogP contribution in [0.2, 0.25) is 0 Å². The molecule has 0 aromatic heterocycles. The molecule has 0 N–H and O–H groups in total. The zero-order valence-corrected chi connectivity index (χ0v) is 18.2. The van der Waals surface area contributed by atoms with Gasteiger partial charge in [-0.15, -0.1) is 0 Å². The van der Waals surface area contributed by atoms with Crippen molar-refractivity contribution in [1.29, 1.82) is 0 Å². The van der Waals surface area contributed by atoms with Gasteiger partial charge in [0.15, 0.2) is 0 Å². The monoisotopic (exact) mass is 416 g/mol. The first-order chi connectivity index (χ1) is 15.6. The predicted octanol–water partition coefficient (Wildman–Crippen LogP) is 7.42. The summed E-state index contributed by atoms with van der Waals surface area (Å²) in [6.45, 7) is 4.03. The highest BCUT2D eigenvalue weighted by molar-refractivity contribution is 6.00. The summed E-state index contributed by atoms with van der Waals surface area (Å²) >= 11 is 0. The molecule has 0 bridgehead atoms. The second-order valence-corrected chi connectivity index (χ2v) is 7.93. The van der Waals surface area contributed by atoms with Gasteiger partial charge >= 0.3 is 0 Å². The highest BCUT2D eigenvalue weighted by atomic mass is 16.1. The number of rotatable bonds is 6. The van der Waals surface area contributed by atoms with Gasteiger partial charge in [0.2, 0.25) is 0 Å². The van der Waals surface area contributed by atoms with Gasteiger partial charge in [0.05, 0.1) is 0 Å². The van der Waals surface area contributed by atoms with E-state index >= 15 is 0 Å². The maximum atomic E-state index is 11.0. The summed E-state index contributed by atoms with van der Waals surface area (Å²) in [5.74, 6) is 0. The van der Waals surface area contributed by atoms with Crippen LogP contribution in [0, 0.1) is 13.8 Å². The van der Waals surface area contributed by atoms with Gasteiger partial charge in [0, 0.05) is 11.1 Å². The van der Waals surface area contributed by atoms with Gasteiger partial charge in [0.25, 0.3) is 0 Å². The smallest absolute Gasteiger partial charge is 0.150 e. The molecule has 0 fully saturated rings. The molecule has 156 valence electrons. The van der Waals surface area contributed by atoms with E-state index in [1.165, 1.54) is 10.8 Å². The van der Waals surface area contributed by atoms with E-state index in [2.05, 4.69) is 60.7 Å². The summed E-state index contributed by atoms with van der Waals surface area (Å²) in [6, 6.07) is 24.1. The van der Waals surface area contributed by atoms with Crippen LogP contribution in [0.3, 0.4) is 0 Å². The fourth-order valence-corrected chi connectivity index (χ4v) is 3.96. The summed E-state index contributed by atoms with van der Waals surface area (Å²) in [7, 11) is 0. The van der Waals surface area contributed by atoms with E-state index in [9.17, 15) is 9.59 Å². The average Bonchev–Trinajstić information content (AvgIpc) is 2.82. The summed E-state index contributed by atoms with van der Waals surface area (Å²) in [6.07, 6.45) is 10.2. The SMILES string of the molecule is Cc1cc(C=O)ccc1/C=C\c1cccc2cccc(/C=C\c3ccc(C=O)cc3C)c12. The predicted molar refractivity (Wildman–Crippen MR) is 135 cm³/mol. The van der Waals surface area contributed by atoms with Crippen molar-refractivity contribution >= 4 is 47.6 Å². The molecule has 0 aliphatic carbocycles. The van der Waals surface area contributed by atoms with E-state index in [4.69, 9.17) is 0 Å². The van der Waals surface area contributed by atoms with Crippen LogP contribution in [0.4, 0.5) is 0 Å². The molecule has 0 spiro atoms. The van der Waals surface area contributed by atoms with Crippen molar-refractivity contribution in [1.82, 2.24) is 0 Å². The lowest BCUT2D eigenvalue weighted by Crippen LogP contribution is -1.87. The molecule has 0 unspecified atom stereocenters. The zero-order chi connectivity index (χ0) is 22.5. The minimum Gasteiger partial charge on any atom is -0.298 e. The largest absolute Gasteiger partial charge is 0.298 e. The second-order valence-electron chi connectivity index (χ2n) is 7.93. The Morgan fingerprint density at radius 1 is 0.531 bits per heavy atom. The Morgan fingerprint density at radius 3 is 1.38 bits per heavy atom. The second kappa shape index (κ2) is 9.40. The van der Waals surface area contributed by atoms with Crippen molar-refractivity contribution in [2.75, 3.05) is 0 Å². The molecule has 0 amide bonds. The Labute approximate surface area is 188 Å². The Hall–Kier alpha value is -4.04. The minimum absolute atomic E-state index is 0.689. The molecule has 2 heteroatoms. The summed E-state index contributed by atoms with van der Waals surface area (Å²) in [5.41, 5.74) is 7.96. The van der Waals surface area contributed by atoms with Crippen molar-refractivity contribution in [3.63, 3.8) is 0 Å². The normalized spacial score (nSPS) is 11.4. The average molecular weight is 417 g/mol. The van der Waals surface area contributed by atoms with Gasteiger partial charge < -0.3 is 0 Å². The van der Waals surface area contributed by atoms with Crippen molar-refractivity contribution < 1.29 is 9.59 Å². The van der Waals surface area contributed by atoms with E-state index in [0.717, 1.165) is 46.0 Å². The number of hydrogen-bond donors (Lipinski definition) is 0. The fourth-order valence-electron chi connectivity index (χ4n) is 3.96. The molecule has 0 aliphatic rings. The summed E-state index contributed by atoms with van der Waals surface area (Å²) in [5, 5.41) is 2.36. The Kier molecular flexibility index (Phi) is 6.23. The fraction of sp³-hybridized carbons (Fsp3) is 0.0667. The quantitative estimate of drug-likeness (QED) is 0.242. The van der Waals surface area contributed by atoms with Crippen molar-refractivity contribution in [2.45, 2.75) is 13.8 Å². The number of benzene rings is 4. The van der Waals surface area contributed by atoms with Crippen LogP contribution in [0.1, 0.15) is 54.1 Å². The van der Waals surface area contributed by atoms with Crippen LogP contribution < -0.4 is 0 Å². The topological polar surface area (TPSA) is 34.1 Å². The third-order valence-electron chi connectivity index (χ3n) is 5.71. The van der Waals surface area contributed by atoms with Crippen molar-refractivity contribution in [3.8, 4) is 0 Å². The van der Waals surface area contributed by atoms with E-state index in [-0.39, 0.29) is 0 Å². The number of aryl methyl sites for hydroxylation is 2. The number of fused-ring (bicyclic) bond motifs is 1. The Morgan fingerprint density at radius 2 is 0.969 bits per heavy atom. The van der Waals surface area contributed by atoms with E-state index in [1.54, 1.807) is 0 Å². The van der Waals surface area contributed by atoms with Crippen LogP contribution in [0.5, 0.6) is 0 Å². The van der Waals surface area contributed by atoms with Crippen molar-refractivity contribution in [2.24, 2.45) is 0 Å². The molecule has 4 rings (SSSR count). The third-order valence-corrected chi connectivity index (χ3v) is 5.71. The van der Waals surface area contributed by atoms with Crippen LogP contribution in [0.25, 0.3) is 35.1 Å². The van der Waals surface area contributed by atoms with Crippen LogP contribution in [0.15, 0.2) is 72.8 Å². The zero-order valence-electron chi connectivity index (χ0n) is 18.2. The molecule has 4 aromatic rings. The molecule has 0 heterocycles. The summed E-state index contributed by atoms with van der Waals surface area (Å²) in [4.78, 5) is 22.0. The molecular weight excluding hydrogens is 392 g/mol. The number of carbonyl (C=O) groups is 2. The maximum absolute atomic E-state index is 11.0. The van der Waals surface area contributed by atoms with E-state index < -0.39 is 0 Å². The van der Waals surface area contributed by atoms with Crippen LogP contribution in [-0.2, 0) is 0 Å². The first-order valence-electron chi connectivity index (χ1n) is 10.6. The van der Waals surface area contributed by atoms with Gasteiger partial charge in [-0.25, -0.2) is 0 Å². The highest BCUT2D eigenvalue weighted by Crippen LogP contribution is 2.27. The molecule has 0 saturated heterocycles. The Balaban J connectivity index is 1.74. The number of hydrogen-bond acceptors (Lipinski definition) is 2. The molecule has 0 atom stereocenters. The molecule has 4 aromatic carbocycles. The maximum Gasteiger partial charge on any atom is 0.150 e. The lowest BCUT2D eigenvalue weighted by atomic mass is 9.96. The van der Waals surface area contributed by atoms with E-state index in [1.807, 2.05) is 50.2 Å². The molecular formula is C30H24O2. The third kappa shape index (κ3) is 4.50. The summed E-state index contributed by atoms with van der Waals surface area (Å²) < 4.78 is 0. The highest BCUT2D eigenvalue weighted by Gasteiger charge is 2.04. The molecule has 2 nitrogen and oxygen atoms in total. The number of carbonyl (C=O) groups excluding carboxylic acids is 2. The van der Waals surface area contributed by atoms with Gasteiger partial charge in [-0.2, -0.15) is 0 Å². The van der Waals surface area contributed by atoms with Gasteiger partial charge in [0.1, 0.15) is 12.6 Å². The standard InChI is InChI=1S/C30H24O2/c1-21-17-23(19-31)9-11-25(21)13-15-28-7-3-5-27-6-4-8-29(30(27)28)16-14-26-12-10-24(20-32)18-22(26)2/h3-20H,1-2H3/b15-13-,16-14-. The van der Waals surface area contributed by atoms with Gasteiger partial charge in [-0.1, -0.05) is 85.0 Å². The first-order valence-corrected chi connectivity index (χ1v) is 10.6. The molecule has 0 aliphatic heterocycles. The minimum atomic E-state index is 0.689. The molecule has 32 heavy (non-hydrogen) atoms. The molecule has 0 radical (unpaired) electrons. The van der Waals surface area contributed by atoms with Crippen LogP contribution >= 0.6 is 0 Å². The van der Waals surface area contributed by atoms with E-state index in [0.29, 0.717) is 11.1 Å².